The van der Waals surface area contributed by atoms with Gasteiger partial charge in [-0.25, -0.2) is 0 Å². The molecule has 0 aromatic heterocycles. The first-order valence-electron chi connectivity index (χ1n) is 5.85. The van der Waals surface area contributed by atoms with Crippen molar-refractivity contribution in [3.8, 4) is 5.75 Å². The van der Waals surface area contributed by atoms with Crippen molar-refractivity contribution in [3.63, 3.8) is 0 Å². The topological polar surface area (TPSA) is 64.4 Å². The lowest BCUT2D eigenvalue weighted by molar-refractivity contribution is -0.385. The van der Waals surface area contributed by atoms with Crippen molar-refractivity contribution in [1.82, 2.24) is 5.32 Å². The third-order valence-electron chi connectivity index (χ3n) is 2.47. The van der Waals surface area contributed by atoms with Gasteiger partial charge in [-0.15, -0.1) is 0 Å². The molecule has 1 rings (SSSR count). The molecule has 0 saturated carbocycles. The van der Waals surface area contributed by atoms with E-state index in [2.05, 4.69) is 12.2 Å². The lowest BCUT2D eigenvalue weighted by Crippen LogP contribution is -2.22. The van der Waals surface area contributed by atoms with Crippen LogP contribution in [0.3, 0.4) is 0 Å². The van der Waals surface area contributed by atoms with E-state index in [0.29, 0.717) is 23.7 Å². The van der Waals surface area contributed by atoms with Gasteiger partial charge in [-0.3, -0.25) is 10.1 Å². The van der Waals surface area contributed by atoms with Crippen molar-refractivity contribution in [2.24, 2.45) is 0 Å². The third kappa shape index (κ3) is 3.85. The summed E-state index contributed by atoms with van der Waals surface area (Å²) >= 11 is 5.93. The molecular formula is C12H17ClN2O3. The Balaban J connectivity index is 2.73. The van der Waals surface area contributed by atoms with Crippen LogP contribution in [0.4, 0.5) is 5.69 Å². The van der Waals surface area contributed by atoms with Gasteiger partial charge in [0.15, 0.2) is 0 Å². The molecule has 0 bridgehead atoms. The van der Waals surface area contributed by atoms with Crippen LogP contribution >= 0.6 is 11.6 Å². The van der Waals surface area contributed by atoms with Crippen molar-refractivity contribution in [2.45, 2.75) is 20.3 Å². The average molecular weight is 273 g/mol. The van der Waals surface area contributed by atoms with Crippen molar-refractivity contribution in [2.75, 3.05) is 19.7 Å². The SMILES string of the molecule is CCCNCCOc1c([N+](=O)[O-])ccc(Cl)c1C. The number of halogens is 1. The van der Waals surface area contributed by atoms with Crippen LogP contribution in [0.15, 0.2) is 12.1 Å². The molecule has 0 heterocycles. The van der Waals surface area contributed by atoms with Crippen molar-refractivity contribution < 1.29 is 9.66 Å². The van der Waals surface area contributed by atoms with Crippen LogP contribution in [0.2, 0.25) is 5.02 Å². The molecule has 100 valence electrons. The third-order valence-corrected chi connectivity index (χ3v) is 2.88. The Bertz CT molecular complexity index is 424. The minimum absolute atomic E-state index is 0.0487. The van der Waals surface area contributed by atoms with E-state index in [0.717, 1.165) is 13.0 Å². The van der Waals surface area contributed by atoms with Gasteiger partial charge in [0.2, 0.25) is 5.75 Å². The molecule has 1 aromatic rings. The summed E-state index contributed by atoms with van der Waals surface area (Å²) in [7, 11) is 0. The lowest BCUT2D eigenvalue weighted by Gasteiger charge is -2.10. The fraction of sp³-hybridized carbons (Fsp3) is 0.500. The van der Waals surface area contributed by atoms with E-state index in [1.807, 2.05) is 0 Å². The summed E-state index contributed by atoms with van der Waals surface area (Å²) in [6.07, 6.45) is 1.04. The molecule has 0 spiro atoms. The minimum atomic E-state index is -0.460. The molecule has 6 heteroatoms. The van der Waals surface area contributed by atoms with Crippen LogP contribution in [-0.2, 0) is 0 Å². The molecule has 18 heavy (non-hydrogen) atoms. The fourth-order valence-electron chi connectivity index (χ4n) is 1.51. The Kier molecular flexibility index (Phi) is 5.88. The Labute approximate surface area is 111 Å². The zero-order chi connectivity index (χ0) is 13.5. The first kappa shape index (κ1) is 14.7. The molecule has 0 unspecified atom stereocenters. The van der Waals surface area contributed by atoms with Crippen molar-refractivity contribution >= 4 is 17.3 Å². The van der Waals surface area contributed by atoms with Crippen LogP contribution in [0.1, 0.15) is 18.9 Å². The van der Waals surface area contributed by atoms with Crippen LogP contribution in [-0.4, -0.2) is 24.6 Å². The van der Waals surface area contributed by atoms with Crippen LogP contribution in [0.25, 0.3) is 0 Å². The molecule has 0 fully saturated rings. The van der Waals surface area contributed by atoms with Gasteiger partial charge < -0.3 is 10.1 Å². The van der Waals surface area contributed by atoms with Crippen molar-refractivity contribution in [3.05, 3.63) is 32.8 Å². The van der Waals surface area contributed by atoms with E-state index >= 15 is 0 Å². The molecule has 1 aromatic carbocycles. The largest absolute Gasteiger partial charge is 0.485 e. The summed E-state index contributed by atoms with van der Waals surface area (Å²) in [5.74, 6) is 0.255. The molecule has 0 saturated heterocycles. The molecule has 5 nitrogen and oxygen atoms in total. The molecule has 0 radical (unpaired) electrons. The zero-order valence-corrected chi connectivity index (χ0v) is 11.3. The van der Waals surface area contributed by atoms with Gasteiger partial charge in [0, 0.05) is 23.2 Å². The van der Waals surface area contributed by atoms with Crippen molar-refractivity contribution in [1.29, 1.82) is 0 Å². The highest BCUT2D eigenvalue weighted by molar-refractivity contribution is 6.31. The number of benzene rings is 1. The van der Waals surface area contributed by atoms with E-state index in [9.17, 15) is 10.1 Å². The van der Waals surface area contributed by atoms with Gasteiger partial charge in [-0.2, -0.15) is 0 Å². The summed E-state index contributed by atoms with van der Waals surface area (Å²) in [4.78, 5) is 10.4. The monoisotopic (exact) mass is 272 g/mol. The molecule has 0 aliphatic heterocycles. The van der Waals surface area contributed by atoms with Crippen LogP contribution in [0, 0.1) is 17.0 Å². The maximum Gasteiger partial charge on any atom is 0.311 e. The fourth-order valence-corrected chi connectivity index (χ4v) is 1.66. The van der Waals surface area contributed by atoms with Gasteiger partial charge in [-0.05, 0) is 26.0 Å². The maximum atomic E-state index is 10.9. The first-order valence-corrected chi connectivity index (χ1v) is 6.22. The number of nitro groups is 1. The Morgan fingerprint density at radius 1 is 1.44 bits per heavy atom. The predicted molar refractivity (Wildman–Crippen MR) is 71.5 cm³/mol. The van der Waals surface area contributed by atoms with Gasteiger partial charge in [0.25, 0.3) is 0 Å². The Hall–Kier alpha value is -1.33. The Morgan fingerprint density at radius 3 is 2.78 bits per heavy atom. The second-order valence-electron chi connectivity index (χ2n) is 3.88. The van der Waals surface area contributed by atoms with E-state index in [1.165, 1.54) is 12.1 Å². The molecule has 0 aliphatic carbocycles. The Morgan fingerprint density at radius 2 is 2.17 bits per heavy atom. The number of nitrogens with zero attached hydrogens (tertiary/aromatic N) is 1. The highest BCUT2D eigenvalue weighted by Crippen LogP contribution is 2.34. The molecule has 0 atom stereocenters. The number of hydrogen-bond donors (Lipinski definition) is 1. The average Bonchev–Trinajstić information content (AvgIpc) is 2.33. The number of hydrogen-bond acceptors (Lipinski definition) is 4. The number of rotatable bonds is 7. The van der Waals surface area contributed by atoms with E-state index in [4.69, 9.17) is 16.3 Å². The summed E-state index contributed by atoms with van der Waals surface area (Å²) in [5.41, 5.74) is 0.550. The normalized spacial score (nSPS) is 10.4. The first-order chi connectivity index (χ1) is 8.57. The van der Waals surface area contributed by atoms with E-state index in [1.54, 1.807) is 6.92 Å². The summed E-state index contributed by atoms with van der Waals surface area (Å²) < 4.78 is 5.47. The highest BCUT2D eigenvalue weighted by atomic mass is 35.5. The zero-order valence-electron chi connectivity index (χ0n) is 10.5. The smallest absolute Gasteiger partial charge is 0.311 e. The van der Waals surface area contributed by atoms with E-state index < -0.39 is 4.92 Å². The quantitative estimate of drug-likeness (QED) is 0.471. The second-order valence-corrected chi connectivity index (χ2v) is 4.28. The predicted octanol–water partition coefficient (Wildman–Crippen LogP) is 2.94. The van der Waals surface area contributed by atoms with Gasteiger partial charge in [0.05, 0.1) is 4.92 Å². The van der Waals surface area contributed by atoms with E-state index in [-0.39, 0.29) is 11.4 Å². The van der Waals surface area contributed by atoms with Gasteiger partial charge in [0.1, 0.15) is 6.61 Å². The van der Waals surface area contributed by atoms with Crippen LogP contribution in [0.5, 0.6) is 5.75 Å². The molecule has 0 aliphatic rings. The summed E-state index contributed by atoms with van der Waals surface area (Å²) in [6, 6.07) is 2.88. The minimum Gasteiger partial charge on any atom is -0.485 e. The van der Waals surface area contributed by atoms with Crippen LogP contribution < -0.4 is 10.1 Å². The highest BCUT2D eigenvalue weighted by Gasteiger charge is 2.19. The summed E-state index contributed by atoms with van der Waals surface area (Å²) in [5, 5.41) is 14.5. The second kappa shape index (κ2) is 7.18. The molecule has 1 N–H and O–H groups in total. The maximum absolute atomic E-state index is 10.9. The number of nitro benzene ring substituents is 1. The molecule has 0 amide bonds. The van der Waals surface area contributed by atoms with Gasteiger partial charge >= 0.3 is 5.69 Å². The standard InChI is InChI=1S/C12H17ClN2O3/c1-3-6-14-7-8-18-12-9(2)10(13)4-5-11(12)15(16)17/h4-5,14H,3,6-8H2,1-2H3. The summed E-state index contributed by atoms with van der Waals surface area (Å²) in [6.45, 7) is 5.71. The number of nitrogens with one attached hydrogen (secondary N) is 1. The molecular weight excluding hydrogens is 256 g/mol. The lowest BCUT2D eigenvalue weighted by atomic mass is 10.2. The van der Waals surface area contributed by atoms with Gasteiger partial charge in [-0.1, -0.05) is 18.5 Å². The number of ether oxygens (including phenoxy) is 1.